The Kier molecular flexibility index (Phi) is 4.13. The molecular weight excluding hydrogens is 238 g/mol. The van der Waals surface area contributed by atoms with E-state index in [4.69, 9.17) is 5.73 Å². The second-order valence-corrected chi connectivity index (χ2v) is 4.36. The van der Waals surface area contributed by atoms with Crippen LogP contribution in [0.15, 0.2) is 42.7 Å². The van der Waals surface area contributed by atoms with Gasteiger partial charge < -0.3 is 11.1 Å². The number of aryl methyl sites for hydroxylation is 1. The zero-order valence-electron chi connectivity index (χ0n) is 10.9. The summed E-state index contributed by atoms with van der Waals surface area (Å²) in [4.78, 5) is 15.9. The van der Waals surface area contributed by atoms with Crippen molar-refractivity contribution in [1.82, 2.24) is 4.98 Å². The largest absolute Gasteiger partial charge is 0.398 e. The van der Waals surface area contributed by atoms with E-state index in [0.717, 1.165) is 18.5 Å². The summed E-state index contributed by atoms with van der Waals surface area (Å²) >= 11 is 0. The van der Waals surface area contributed by atoms with Crippen molar-refractivity contribution in [3.63, 3.8) is 0 Å². The van der Waals surface area contributed by atoms with Crippen LogP contribution < -0.4 is 11.1 Å². The number of rotatable bonds is 4. The Labute approximate surface area is 112 Å². The summed E-state index contributed by atoms with van der Waals surface area (Å²) in [5.41, 5.74) is 8.58. The van der Waals surface area contributed by atoms with Gasteiger partial charge in [-0.3, -0.25) is 9.78 Å². The molecule has 0 aliphatic rings. The number of hydrogen-bond donors (Lipinski definition) is 2. The molecule has 0 aliphatic heterocycles. The number of benzene rings is 1. The fourth-order valence-corrected chi connectivity index (χ4v) is 1.84. The number of amides is 1. The first-order valence-corrected chi connectivity index (χ1v) is 6.30. The lowest BCUT2D eigenvalue weighted by Gasteiger charge is -2.07. The quantitative estimate of drug-likeness (QED) is 0.882. The van der Waals surface area contributed by atoms with E-state index in [-0.39, 0.29) is 5.91 Å². The number of nitrogen functional groups attached to an aromatic ring is 1. The van der Waals surface area contributed by atoms with Gasteiger partial charge in [0.15, 0.2) is 0 Å². The molecule has 1 aromatic heterocycles. The third-order valence-corrected chi connectivity index (χ3v) is 2.85. The Balaban J connectivity index is 2.09. The van der Waals surface area contributed by atoms with E-state index < -0.39 is 0 Å². The number of carbonyl (C=O) groups is 1. The van der Waals surface area contributed by atoms with E-state index in [1.54, 1.807) is 12.3 Å². The van der Waals surface area contributed by atoms with Gasteiger partial charge >= 0.3 is 0 Å². The molecule has 1 aromatic carbocycles. The Bertz CT molecular complexity index is 564. The van der Waals surface area contributed by atoms with Crippen LogP contribution in [0.2, 0.25) is 0 Å². The zero-order valence-corrected chi connectivity index (χ0v) is 10.9. The van der Waals surface area contributed by atoms with Crippen LogP contribution in [0, 0.1) is 0 Å². The molecule has 1 amide bonds. The number of hydrogen-bond acceptors (Lipinski definition) is 3. The molecule has 4 nitrogen and oxygen atoms in total. The number of nitrogens with two attached hydrogens (primary N) is 1. The number of pyridine rings is 1. The maximum atomic E-state index is 12.0. The summed E-state index contributed by atoms with van der Waals surface area (Å²) < 4.78 is 0. The number of nitrogens with one attached hydrogen (secondary N) is 1. The van der Waals surface area contributed by atoms with Crippen LogP contribution in [0.3, 0.4) is 0 Å². The minimum atomic E-state index is -0.242. The number of carbonyl (C=O) groups excluding carboxylic acids is 1. The molecule has 98 valence electrons. The third kappa shape index (κ3) is 3.31. The highest BCUT2D eigenvalue weighted by molar-refractivity contribution is 6.07. The summed E-state index contributed by atoms with van der Waals surface area (Å²) in [5.74, 6) is -0.242. The first-order valence-electron chi connectivity index (χ1n) is 6.30. The summed E-state index contributed by atoms with van der Waals surface area (Å²) in [6.45, 7) is 2.14. The number of aromatic nitrogens is 1. The lowest BCUT2D eigenvalue weighted by atomic mass is 10.1. The second kappa shape index (κ2) is 6.00. The van der Waals surface area contributed by atoms with Gasteiger partial charge in [0, 0.05) is 23.8 Å². The fraction of sp³-hybridized carbons (Fsp3) is 0.200. The Hall–Kier alpha value is -2.36. The topological polar surface area (TPSA) is 68.0 Å². The summed E-state index contributed by atoms with van der Waals surface area (Å²) in [6.07, 6.45) is 5.18. The standard InChI is InChI=1S/C15H17N3O/c1-2-3-11-4-6-12(7-5-11)18-15(19)13-10-17-9-8-14(13)16/h4-10H,2-3H2,1H3,(H2,16,17)(H,18,19). The summed E-state index contributed by atoms with van der Waals surface area (Å²) in [7, 11) is 0. The van der Waals surface area contributed by atoms with Crippen LogP contribution in [0.1, 0.15) is 29.3 Å². The number of anilines is 2. The van der Waals surface area contributed by atoms with Gasteiger partial charge in [-0.2, -0.15) is 0 Å². The highest BCUT2D eigenvalue weighted by atomic mass is 16.1. The van der Waals surface area contributed by atoms with Gasteiger partial charge in [-0.1, -0.05) is 25.5 Å². The molecule has 0 aliphatic carbocycles. The molecule has 0 saturated carbocycles. The molecule has 0 radical (unpaired) electrons. The van der Waals surface area contributed by atoms with Gasteiger partial charge in [0.05, 0.1) is 5.56 Å². The molecule has 0 unspecified atom stereocenters. The van der Waals surface area contributed by atoms with Crippen LogP contribution in [0.25, 0.3) is 0 Å². The first kappa shape index (κ1) is 13.1. The molecule has 0 fully saturated rings. The molecule has 1 heterocycles. The molecular formula is C15H17N3O. The van der Waals surface area contributed by atoms with Gasteiger partial charge in [0.1, 0.15) is 0 Å². The average molecular weight is 255 g/mol. The van der Waals surface area contributed by atoms with Crippen molar-refractivity contribution in [2.75, 3.05) is 11.1 Å². The van der Waals surface area contributed by atoms with E-state index in [1.165, 1.54) is 11.8 Å². The van der Waals surface area contributed by atoms with E-state index in [0.29, 0.717) is 11.3 Å². The zero-order chi connectivity index (χ0) is 13.7. The van der Waals surface area contributed by atoms with Crippen molar-refractivity contribution in [3.8, 4) is 0 Å². The SMILES string of the molecule is CCCc1ccc(NC(=O)c2cnccc2N)cc1. The van der Waals surface area contributed by atoms with Crippen molar-refractivity contribution >= 4 is 17.3 Å². The Morgan fingerprint density at radius 1 is 1.26 bits per heavy atom. The van der Waals surface area contributed by atoms with Gasteiger partial charge in [-0.15, -0.1) is 0 Å². The molecule has 0 atom stereocenters. The molecule has 0 saturated heterocycles. The monoisotopic (exact) mass is 255 g/mol. The average Bonchev–Trinajstić information content (AvgIpc) is 2.42. The van der Waals surface area contributed by atoms with Gasteiger partial charge in [-0.25, -0.2) is 0 Å². The highest BCUT2D eigenvalue weighted by Crippen LogP contribution is 2.14. The predicted octanol–water partition coefficient (Wildman–Crippen LogP) is 2.87. The Morgan fingerprint density at radius 3 is 2.63 bits per heavy atom. The second-order valence-electron chi connectivity index (χ2n) is 4.36. The summed E-state index contributed by atoms with van der Waals surface area (Å²) in [6, 6.07) is 9.45. The number of nitrogens with zero attached hydrogens (tertiary/aromatic N) is 1. The molecule has 0 spiro atoms. The maximum absolute atomic E-state index is 12.0. The predicted molar refractivity (Wildman–Crippen MR) is 77.0 cm³/mol. The van der Waals surface area contributed by atoms with E-state index in [1.807, 2.05) is 24.3 Å². The van der Waals surface area contributed by atoms with E-state index in [9.17, 15) is 4.79 Å². The van der Waals surface area contributed by atoms with Gasteiger partial charge in [-0.05, 0) is 30.2 Å². The molecule has 19 heavy (non-hydrogen) atoms. The smallest absolute Gasteiger partial charge is 0.259 e. The van der Waals surface area contributed by atoms with Crippen molar-refractivity contribution < 1.29 is 4.79 Å². The van der Waals surface area contributed by atoms with Crippen LogP contribution in [-0.4, -0.2) is 10.9 Å². The van der Waals surface area contributed by atoms with Crippen molar-refractivity contribution in [2.45, 2.75) is 19.8 Å². The highest BCUT2D eigenvalue weighted by Gasteiger charge is 2.09. The lowest BCUT2D eigenvalue weighted by Crippen LogP contribution is -2.14. The summed E-state index contributed by atoms with van der Waals surface area (Å²) in [5, 5.41) is 2.81. The van der Waals surface area contributed by atoms with Crippen molar-refractivity contribution in [1.29, 1.82) is 0 Å². The molecule has 3 N–H and O–H groups in total. The first-order chi connectivity index (χ1) is 9.20. The molecule has 4 heteroatoms. The Morgan fingerprint density at radius 2 is 2.00 bits per heavy atom. The minimum Gasteiger partial charge on any atom is -0.398 e. The van der Waals surface area contributed by atoms with E-state index >= 15 is 0 Å². The normalized spacial score (nSPS) is 10.2. The van der Waals surface area contributed by atoms with Gasteiger partial charge in [0.25, 0.3) is 5.91 Å². The molecule has 2 aromatic rings. The van der Waals surface area contributed by atoms with Crippen LogP contribution in [0.4, 0.5) is 11.4 Å². The molecule has 0 bridgehead atoms. The van der Waals surface area contributed by atoms with Crippen molar-refractivity contribution in [2.24, 2.45) is 0 Å². The maximum Gasteiger partial charge on any atom is 0.259 e. The lowest BCUT2D eigenvalue weighted by molar-refractivity contribution is 0.102. The van der Waals surface area contributed by atoms with E-state index in [2.05, 4.69) is 17.2 Å². The molecule has 2 rings (SSSR count). The van der Waals surface area contributed by atoms with Crippen LogP contribution in [0.5, 0.6) is 0 Å². The van der Waals surface area contributed by atoms with Crippen LogP contribution >= 0.6 is 0 Å². The van der Waals surface area contributed by atoms with Gasteiger partial charge in [0.2, 0.25) is 0 Å². The fourth-order valence-electron chi connectivity index (χ4n) is 1.84. The minimum absolute atomic E-state index is 0.242. The third-order valence-electron chi connectivity index (χ3n) is 2.85. The van der Waals surface area contributed by atoms with Crippen LogP contribution in [-0.2, 0) is 6.42 Å². The van der Waals surface area contributed by atoms with Crippen molar-refractivity contribution in [3.05, 3.63) is 53.9 Å².